The molecule has 0 spiro atoms. The highest BCUT2D eigenvalue weighted by Gasteiger charge is 2.16. The maximum Gasteiger partial charge on any atom is 0.279 e. The van der Waals surface area contributed by atoms with Crippen LogP contribution in [0, 0.1) is 0 Å². The topological polar surface area (TPSA) is 92.6 Å². The summed E-state index contributed by atoms with van der Waals surface area (Å²) in [7, 11) is 0. The third-order valence-electron chi connectivity index (χ3n) is 3.05. The largest absolute Gasteiger partial charge is 0.479 e. The summed E-state index contributed by atoms with van der Waals surface area (Å²) < 4.78 is 10.5. The lowest BCUT2D eigenvalue weighted by Crippen LogP contribution is -2.51. The standard InChI is InChI=1S/C17H15Cl2N3O4S/c1-10(26-14-6-4-11(18)9-13(14)19)16(24)21-22-17(27)20-15(23)7-5-12-3-2-8-25-12/h2-10H,1H3,(H,21,24)(H2,20,22,23,27)/b7-5+. The quantitative estimate of drug-likeness (QED) is 0.385. The third kappa shape index (κ3) is 6.93. The molecule has 1 aromatic heterocycles. The second-order valence-corrected chi connectivity index (χ2v) is 6.37. The number of furan rings is 1. The second-order valence-electron chi connectivity index (χ2n) is 5.12. The van der Waals surface area contributed by atoms with Gasteiger partial charge in [0.05, 0.1) is 11.3 Å². The summed E-state index contributed by atoms with van der Waals surface area (Å²) in [5.41, 5.74) is 4.73. The van der Waals surface area contributed by atoms with Crippen molar-refractivity contribution in [3.8, 4) is 5.75 Å². The molecule has 27 heavy (non-hydrogen) atoms. The fourth-order valence-corrected chi connectivity index (χ4v) is 2.37. The third-order valence-corrected chi connectivity index (χ3v) is 3.78. The van der Waals surface area contributed by atoms with Crippen LogP contribution in [-0.4, -0.2) is 23.0 Å². The molecule has 0 aliphatic carbocycles. The van der Waals surface area contributed by atoms with Crippen LogP contribution >= 0.6 is 35.4 Å². The van der Waals surface area contributed by atoms with Gasteiger partial charge >= 0.3 is 0 Å². The average Bonchev–Trinajstić information content (AvgIpc) is 3.13. The maximum atomic E-state index is 12.0. The molecule has 3 N–H and O–H groups in total. The van der Waals surface area contributed by atoms with Crippen LogP contribution in [0.5, 0.6) is 5.75 Å². The van der Waals surface area contributed by atoms with Crippen molar-refractivity contribution in [3.63, 3.8) is 0 Å². The van der Waals surface area contributed by atoms with E-state index in [0.29, 0.717) is 16.5 Å². The first kappa shape index (κ1) is 20.8. The zero-order valence-corrected chi connectivity index (χ0v) is 16.3. The Hall–Kier alpha value is -2.55. The van der Waals surface area contributed by atoms with E-state index in [1.54, 1.807) is 24.3 Å². The smallest absolute Gasteiger partial charge is 0.279 e. The van der Waals surface area contributed by atoms with Crippen LogP contribution in [0.1, 0.15) is 12.7 Å². The number of hydrazine groups is 1. The van der Waals surface area contributed by atoms with E-state index in [4.69, 9.17) is 44.6 Å². The minimum absolute atomic E-state index is 0.0887. The number of ether oxygens (including phenoxy) is 1. The molecule has 0 radical (unpaired) electrons. The summed E-state index contributed by atoms with van der Waals surface area (Å²) in [6.07, 6.45) is 3.32. The number of benzene rings is 1. The minimum Gasteiger partial charge on any atom is -0.479 e. The second kappa shape index (κ2) is 9.96. The van der Waals surface area contributed by atoms with Crippen molar-refractivity contribution in [2.75, 3.05) is 0 Å². The van der Waals surface area contributed by atoms with Crippen LogP contribution in [0.3, 0.4) is 0 Å². The number of thiocarbonyl (C=S) groups is 1. The van der Waals surface area contributed by atoms with Crippen molar-refractivity contribution in [1.29, 1.82) is 0 Å². The highest BCUT2D eigenvalue weighted by molar-refractivity contribution is 7.80. The number of nitrogens with one attached hydrogen (secondary N) is 3. The predicted octanol–water partition coefficient (Wildman–Crippen LogP) is 3.09. The Kier molecular flexibility index (Phi) is 7.66. The van der Waals surface area contributed by atoms with E-state index in [0.717, 1.165) is 0 Å². The van der Waals surface area contributed by atoms with Gasteiger partial charge in [-0.2, -0.15) is 0 Å². The van der Waals surface area contributed by atoms with E-state index in [2.05, 4.69) is 16.2 Å². The summed E-state index contributed by atoms with van der Waals surface area (Å²) in [6, 6.07) is 8.03. The Balaban J connectivity index is 1.76. The molecular weight excluding hydrogens is 413 g/mol. The van der Waals surface area contributed by atoms with Gasteiger partial charge < -0.3 is 9.15 Å². The lowest BCUT2D eigenvalue weighted by molar-refractivity contribution is -0.128. The fourth-order valence-electron chi connectivity index (χ4n) is 1.76. The molecule has 142 valence electrons. The molecule has 7 nitrogen and oxygen atoms in total. The van der Waals surface area contributed by atoms with Gasteiger partial charge in [0.15, 0.2) is 11.2 Å². The molecule has 1 unspecified atom stereocenters. The summed E-state index contributed by atoms with van der Waals surface area (Å²) in [5, 5.41) is 3.01. The van der Waals surface area contributed by atoms with Crippen LogP contribution in [0.25, 0.3) is 6.08 Å². The summed E-state index contributed by atoms with van der Waals surface area (Å²) in [6.45, 7) is 1.52. The Morgan fingerprint density at radius 3 is 2.70 bits per heavy atom. The first-order valence-corrected chi connectivity index (χ1v) is 8.75. The number of carbonyl (C=O) groups is 2. The van der Waals surface area contributed by atoms with Crippen molar-refractivity contribution in [1.82, 2.24) is 16.2 Å². The molecule has 2 amide bonds. The highest BCUT2D eigenvalue weighted by atomic mass is 35.5. The molecular formula is C17H15Cl2N3O4S. The van der Waals surface area contributed by atoms with Gasteiger partial charge in [0.2, 0.25) is 5.91 Å². The molecule has 2 aromatic rings. The van der Waals surface area contributed by atoms with Crippen molar-refractivity contribution >= 4 is 58.4 Å². The van der Waals surface area contributed by atoms with Crippen LogP contribution < -0.4 is 20.9 Å². The van der Waals surface area contributed by atoms with E-state index in [-0.39, 0.29) is 10.1 Å². The summed E-state index contributed by atoms with van der Waals surface area (Å²) in [4.78, 5) is 23.7. The van der Waals surface area contributed by atoms with Gasteiger partial charge in [0.1, 0.15) is 11.5 Å². The molecule has 0 bridgehead atoms. The molecule has 0 fully saturated rings. The SMILES string of the molecule is CC(Oc1ccc(Cl)cc1Cl)C(=O)NNC(=S)NC(=O)/C=C/c1ccco1. The predicted molar refractivity (Wildman–Crippen MR) is 106 cm³/mol. The van der Waals surface area contributed by atoms with Gasteiger partial charge in [-0.3, -0.25) is 25.8 Å². The Morgan fingerprint density at radius 2 is 2.04 bits per heavy atom. The zero-order valence-electron chi connectivity index (χ0n) is 14.0. The lowest BCUT2D eigenvalue weighted by Gasteiger charge is -2.16. The van der Waals surface area contributed by atoms with Crippen LogP contribution in [0.15, 0.2) is 47.1 Å². The van der Waals surface area contributed by atoms with Gasteiger partial charge in [0, 0.05) is 11.1 Å². The summed E-state index contributed by atoms with van der Waals surface area (Å²) >= 11 is 16.7. The van der Waals surface area contributed by atoms with E-state index >= 15 is 0 Å². The monoisotopic (exact) mass is 427 g/mol. The highest BCUT2D eigenvalue weighted by Crippen LogP contribution is 2.28. The molecule has 0 aliphatic rings. The summed E-state index contributed by atoms with van der Waals surface area (Å²) in [5.74, 6) is -0.189. The molecule has 0 aliphatic heterocycles. The van der Waals surface area contributed by atoms with Crippen molar-refractivity contribution in [2.45, 2.75) is 13.0 Å². The van der Waals surface area contributed by atoms with Gasteiger partial charge in [-0.25, -0.2) is 0 Å². The van der Waals surface area contributed by atoms with Crippen molar-refractivity contribution in [2.24, 2.45) is 0 Å². The van der Waals surface area contributed by atoms with Crippen LogP contribution in [0.2, 0.25) is 10.0 Å². The first-order chi connectivity index (χ1) is 12.8. The van der Waals surface area contributed by atoms with E-state index in [9.17, 15) is 9.59 Å². The Bertz CT molecular complexity index is 856. The van der Waals surface area contributed by atoms with E-state index in [1.807, 2.05) is 0 Å². The number of rotatable bonds is 5. The minimum atomic E-state index is -0.881. The number of hydrogen-bond donors (Lipinski definition) is 3. The molecule has 2 rings (SSSR count). The fraction of sp³-hybridized carbons (Fsp3) is 0.118. The number of amides is 2. The van der Waals surface area contributed by atoms with Gasteiger partial charge in [-0.15, -0.1) is 0 Å². The van der Waals surface area contributed by atoms with E-state index in [1.165, 1.54) is 31.4 Å². The normalized spacial score (nSPS) is 11.7. The van der Waals surface area contributed by atoms with Crippen LogP contribution in [-0.2, 0) is 9.59 Å². The molecule has 1 heterocycles. The van der Waals surface area contributed by atoms with Gasteiger partial charge in [-0.1, -0.05) is 23.2 Å². The lowest BCUT2D eigenvalue weighted by atomic mass is 10.3. The molecule has 1 aromatic carbocycles. The van der Waals surface area contributed by atoms with Crippen molar-refractivity contribution in [3.05, 3.63) is 58.5 Å². The van der Waals surface area contributed by atoms with Crippen molar-refractivity contribution < 1.29 is 18.7 Å². The average molecular weight is 428 g/mol. The molecule has 0 saturated carbocycles. The number of hydrogen-bond acceptors (Lipinski definition) is 5. The van der Waals surface area contributed by atoms with Gasteiger partial charge in [0.25, 0.3) is 5.91 Å². The van der Waals surface area contributed by atoms with E-state index < -0.39 is 17.9 Å². The first-order valence-electron chi connectivity index (χ1n) is 7.59. The molecule has 0 saturated heterocycles. The van der Waals surface area contributed by atoms with Gasteiger partial charge in [-0.05, 0) is 55.5 Å². The zero-order chi connectivity index (χ0) is 19.8. The Morgan fingerprint density at radius 1 is 1.26 bits per heavy atom. The number of carbonyl (C=O) groups excluding carboxylic acids is 2. The Labute approximate surface area is 170 Å². The molecule has 1 atom stereocenters. The molecule has 10 heteroatoms. The maximum absolute atomic E-state index is 12.0. The number of halogens is 2. The van der Waals surface area contributed by atoms with Crippen LogP contribution in [0.4, 0.5) is 0 Å².